The number of carbonyl (C=O) groups is 2. The zero-order valence-electron chi connectivity index (χ0n) is 15.3. The molecule has 0 aliphatic heterocycles. The molecule has 2 atom stereocenters. The van der Waals surface area contributed by atoms with E-state index < -0.39 is 6.04 Å². The van der Waals surface area contributed by atoms with Crippen molar-refractivity contribution in [3.8, 4) is 0 Å². The van der Waals surface area contributed by atoms with E-state index in [-0.39, 0.29) is 17.9 Å². The molecule has 27 heavy (non-hydrogen) atoms. The number of hydrogen-bond acceptors (Lipinski definition) is 3. The number of rotatable bonds is 6. The summed E-state index contributed by atoms with van der Waals surface area (Å²) in [7, 11) is 0. The SMILES string of the molecule is Cc1ccc(C(NC(=O)C(C)NC(=O)c2cccs2)c2ccccc2)cc1. The number of amides is 2. The van der Waals surface area contributed by atoms with E-state index >= 15 is 0 Å². The second-order valence-corrected chi connectivity index (χ2v) is 7.38. The summed E-state index contributed by atoms with van der Waals surface area (Å²) in [6.07, 6.45) is 0. The highest BCUT2D eigenvalue weighted by atomic mass is 32.1. The fourth-order valence-corrected chi connectivity index (χ4v) is 3.40. The van der Waals surface area contributed by atoms with Crippen LogP contribution in [-0.4, -0.2) is 17.9 Å². The maximum absolute atomic E-state index is 12.7. The second kappa shape index (κ2) is 8.64. The van der Waals surface area contributed by atoms with Crippen LogP contribution in [0.2, 0.25) is 0 Å². The Hall–Kier alpha value is -2.92. The van der Waals surface area contributed by atoms with Crippen LogP contribution in [0.3, 0.4) is 0 Å². The summed E-state index contributed by atoms with van der Waals surface area (Å²) in [5.41, 5.74) is 3.15. The van der Waals surface area contributed by atoms with Gasteiger partial charge in [-0.05, 0) is 36.4 Å². The van der Waals surface area contributed by atoms with Crippen molar-refractivity contribution < 1.29 is 9.59 Å². The number of benzene rings is 2. The molecular formula is C22H22N2O2S. The van der Waals surface area contributed by atoms with E-state index in [9.17, 15) is 9.59 Å². The molecule has 2 unspecified atom stereocenters. The maximum atomic E-state index is 12.7. The van der Waals surface area contributed by atoms with Gasteiger partial charge in [0.05, 0.1) is 10.9 Å². The van der Waals surface area contributed by atoms with Gasteiger partial charge in [-0.3, -0.25) is 9.59 Å². The third-order valence-corrected chi connectivity index (χ3v) is 5.18. The van der Waals surface area contributed by atoms with E-state index in [0.29, 0.717) is 4.88 Å². The monoisotopic (exact) mass is 378 g/mol. The Kier molecular flexibility index (Phi) is 6.04. The first-order chi connectivity index (χ1) is 13.0. The summed E-state index contributed by atoms with van der Waals surface area (Å²) in [4.78, 5) is 25.5. The van der Waals surface area contributed by atoms with Gasteiger partial charge in [0.1, 0.15) is 6.04 Å². The lowest BCUT2D eigenvalue weighted by Gasteiger charge is -2.22. The molecule has 0 saturated heterocycles. The summed E-state index contributed by atoms with van der Waals surface area (Å²) >= 11 is 1.35. The molecule has 0 radical (unpaired) electrons. The topological polar surface area (TPSA) is 58.2 Å². The lowest BCUT2D eigenvalue weighted by molar-refractivity contribution is -0.123. The Morgan fingerprint density at radius 2 is 1.52 bits per heavy atom. The van der Waals surface area contributed by atoms with Crippen molar-refractivity contribution in [3.63, 3.8) is 0 Å². The van der Waals surface area contributed by atoms with Crippen molar-refractivity contribution in [2.45, 2.75) is 25.9 Å². The van der Waals surface area contributed by atoms with Crippen LogP contribution in [0.4, 0.5) is 0 Å². The van der Waals surface area contributed by atoms with Crippen LogP contribution >= 0.6 is 11.3 Å². The zero-order chi connectivity index (χ0) is 19.2. The fourth-order valence-electron chi connectivity index (χ4n) is 2.77. The highest BCUT2D eigenvalue weighted by Crippen LogP contribution is 2.22. The highest BCUT2D eigenvalue weighted by Gasteiger charge is 2.22. The molecule has 0 aliphatic carbocycles. The Balaban J connectivity index is 1.76. The molecule has 5 heteroatoms. The predicted molar refractivity (Wildman–Crippen MR) is 109 cm³/mol. The third-order valence-electron chi connectivity index (χ3n) is 4.32. The maximum Gasteiger partial charge on any atom is 0.261 e. The first kappa shape index (κ1) is 18.9. The van der Waals surface area contributed by atoms with Gasteiger partial charge in [0, 0.05) is 0 Å². The number of nitrogens with one attached hydrogen (secondary N) is 2. The molecule has 0 aliphatic rings. The number of aryl methyl sites for hydroxylation is 1. The highest BCUT2D eigenvalue weighted by molar-refractivity contribution is 7.12. The quantitative estimate of drug-likeness (QED) is 0.679. The summed E-state index contributed by atoms with van der Waals surface area (Å²) < 4.78 is 0. The van der Waals surface area contributed by atoms with Crippen molar-refractivity contribution in [1.82, 2.24) is 10.6 Å². The van der Waals surface area contributed by atoms with Crippen LogP contribution < -0.4 is 10.6 Å². The molecule has 0 fully saturated rings. The summed E-state index contributed by atoms with van der Waals surface area (Å²) in [5.74, 6) is -0.464. The first-order valence-electron chi connectivity index (χ1n) is 8.81. The van der Waals surface area contributed by atoms with E-state index in [2.05, 4.69) is 10.6 Å². The lowest BCUT2D eigenvalue weighted by atomic mass is 9.97. The predicted octanol–water partition coefficient (Wildman–Crippen LogP) is 4.08. The van der Waals surface area contributed by atoms with Crippen molar-refractivity contribution in [3.05, 3.63) is 93.7 Å². The van der Waals surface area contributed by atoms with E-state index in [1.165, 1.54) is 11.3 Å². The summed E-state index contributed by atoms with van der Waals surface area (Å²) in [5, 5.41) is 7.66. The van der Waals surface area contributed by atoms with Crippen molar-refractivity contribution in [2.75, 3.05) is 0 Å². The minimum absolute atomic E-state index is 0.227. The van der Waals surface area contributed by atoms with Gasteiger partial charge in [-0.1, -0.05) is 66.2 Å². The molecule has 2 aromatic carbocycles. The van der Waals surface area contributed by atoms with Gasteiger partial charge in [-0.15, -0.1) is 11.3 Å². The summed E-state index contributed by atoms with van der Waals surface area (Å²) in [6.45, 7) is 3.72. The zero-order valence-corrected chi connectivity index (χ0v) is 16.1. The minimum Gasteiger partial charge on any atom is -0.343 e. The molecule has 0 bridgehead atoms. The van der Waals surface area contributed by atoms with Crippen molar-refractivity contribution in [2.24, 2.45) is 0 Å². The Bertz CT molecular complexity index is 890. The van der Waals surface area contributed by atoms with Crippen LogP contribution in [0.15, 0.2) is 72.1 Å². The molecule has 1 aromatic heterocycles. The molecule has 4 nitrogen and oxygen atoms in total. The molecule has 0 saturated carbocycles. The first-order valence-corrected chi connectivity index (χ1v) is 9.69. The van der Waals surface area contributed by atoms with Gasteiger partial charge < -0.3 is 10.6 Å². The van der Waals surface area contributed by atoms with Gasteiger partial charge >= 0.3 is 0 Å². The van der Waals surface area contributed by atoms with Crippen LogP contribution in [0.1, 0.15) is 39.3 Å². The van der Waals surface area contributed by atoms with Crippen LogP contribution in [0.25, 0.3) is 0 Å². The van der Waals surface area contributed by atoms with Crippen LogP contribution in [0.5, 0.6) is 0 Å². The molecule has 3 aromatic rings. The van der Waals surface area contributed by atoms with Crippen molar-refractivity contribution in [1.29, 1.82) is 0 Å². The van der Waals surface area contributed by atoms with Gasteiger partial charge in [-0.2, -0.15) is 0 Å². The average Bonchev–Trinajstić information content (AvgIpc) is 3.22. The molecule has 3 rings (SSSR count). The molecular weight excluding hydrogens is 356 g/mol. The molecule has 1 heterocycles. The third kappa shape index (κ3) is 4.83. The van der Waals surface area contributed by atoms with E-state index in [4.69, 9.17) is 0 Å². The fraction of sp³-hybridized carbons (Fsp3) is 0.182. The number of thiophene rings is 1. The van der Waals surface area contributed by atoms with Crippen LogP contribution in [0, 0.1) is 6.92 Å². The van der Waals surface area contributed by atoms with E-state index in [0.717, 1.165) is 16.7 Å². The molecule has 0 spiro atoms. The molecule has 2 N–H and O–H groups in total. The van der Waals surface area contributed by atoms with Crippen molar-refractivity contribution >= 4 is 23.2 Å². The lowest BCUT2D eigenvalue weighted by Crippen LogP contribution is -2.45. The second-order valence-electron chi connectivity index (χ2n) is 6.44. The Labute approximate surface area is 163 Å². The number of carbonyl (C=O) groups excluding carboxylic acids is 2. The smallest absolute Gasteiger partial charge is 0.261 e. The number of hydrogen-bond donors (Lipinski definition) is 2. The van der Waals surface area contributed by atoms with E-state index in [1.807, 2.05) is 73.0 Å². The normalized spacial score (nSPS) is 12.8. The largest absolute Gasteiger partial charge is 0.343 e. The van der Waals surface area contributed by atoms with Crippen LogP contribution in [-0.2, 0) is 4.79 Å². The van der Waals surface area contributed by atoms with Gasteiger partial charge in [0.25, 0.3) is 5.91 Å². The summed E-state index contributed by atoms with van der Waals surface area (Å²) in [6, 6.07) is 20.5. The molecule has 138 valence electrons. The van der Waals surface area contributed by atoms with E-state index in [1.54, 1.807) is 13.0 Å². The van der Waals surface area contributed by atoms with Gasteiger partial charge in [0.15, 0.2) is 0 Å². The minimum atomic E-state index is -0.642. The van der Waals surface area contributed by atoms with Gasteiger partial charge in [-0.25, -0.2) is 0 Å². The Morgan fingerprint density at radius 1 is 0.852 bits per heavy atom. The average molecular weight is 378 g/mol. The molecule has 2 amide bonds. The Morgan fingerprint density at radius 3 is 2.15 bits per heavy atom. The van der Waals surface area contributed by atoms with Gasteiger partial charge in [0.2, 0.25) is 5.91 Å². The standard InChI is InChI=1S/C22H22N2O2S/c1-15-10-12-18(13-11-15)20(17-7-4-3-5-8-17)24-21(25)16(2)23-22(26)19-9-6-14-27-19/h3-14,16,20H,1-2H3,(H,23,26)(H,24,25).